The minimum absolute atomic E-state index is 0.151. The molecule has 0 aliphatic carbocycles. The molecule has 1 aromatic rings. The van der Waals surface area contributed by atoms with Crippen molar-refractivity contribution in [3.05, 3.63) is 22.5 Å². The lowest BCUT2D eigenvalue weighted by Crippen LogP contribution is -2.28. The minimum Gasteiger partial charge on any atom is -0.506 e. The first-order valence-electron chi connectivity index (χ1n) is 3.94. The molecule has 1 aromatic carbocycles. The van der Waals surface area contributed by atoms with Crippen LogP contribution in [0.25, 0.3) is 0 Å². The molecule has 0 bridgehead atoms. The van der Waals surface area contributed by atoms with Crippen LogP contribution in [0.2, 0.25) is 5.02 Å². The largest absolute Gasteiger partial charge is 0.506 e. The molecule has 4 N–H and O–H groups in total. The van der Waals surface area contributed by atoms with Crippen LogP contribution in [-0.4, -0.2) is 10.2 Å². The zero-order valence-electron chi connectivity index (χ0n) is 7.81. The molecule has 0 amide bonds. The summed E-state index contributed by atoms with van der Waals surface area (Å²) >= 11 is 5.50. The zero-order chi connectivity index (χ0) is 11.1. The van der Waals surface area contributed by atoms with Crippen molar-refractivity contribution in [1.82, 2.24) is 0 Å². The van der Waals surface area contributed by atoms with Gasteiger partial charge in [-0.15, -0.1) is 0 Å². The van der Waals surface area contributed by atoms with Crippen molar-refractivity contribution in [1.29, 1.82) is 0 Å². The van der Waals surface area contributed by atoms with Gasteiger partial charge in [-0.2, -0.15) is 0 Å². The quantitative estimate of drug-likeness (QED) is 0.678. The van der Waals surface area contributed by atoms with E-state index in [2.05, 4.69) is 0 Å². The Balaban J connectivity index is 3.49. The lowest BCUT2D eigenvalue weighted by molar-refractivity contribution is 0.405. The van der Waals surface area contributed by atoms with Crippen LogP contribution < -0.4 is 5.73 Å². The number of phenolic OH excluding ortho intramolecular Hbond substituents is 2. The van der Waals surface area contributed by atoms with Crippen molar-refractivity contribution < 1.29 is 14.6 Å². The topological polar surface area (TPSA) is 66.5 Å². The SMILES string of the molecule is CC(C)(N)c1cc(F)c(O)c(Cl)c1O. The van der Waals surface area contributed by atoms with Crippen LogP contribution in [0.4, 0.5) is 4.39 Å². The van der Waals surface area contributed by atoms with E-state index in [1.54, 1.807) is 13.8 Å². The lowest BCUT2D eigenvalue weighted by atomic mass is 9.94. The van der Waals surface area contributed by atoms with Crippen molar-refractivity contribution in [2.24, 2.45) is 5.73 Å². The third-order valence-corrected chi connectivity index (χ3v) is 2.22. The average molecular weight is 220 g/mol. The highest BCUT2D eigenvalue weighted by Crippen LogP contribution is 2.40. The van der Waals surface area contributed by atoms with Gasteiger partial charge in [0, 0.05) is 11.1 Å². The van der Waals surface area contributed by atoms with Crippen molar-refractivity contribution in [2.45, 2.75) is 19.4 Å². The standard InChI is InChI=1S/C9H11ClFNO2/c1-9(2,12)4-3-5(11)8(14)6(10)7(4)13/h3,13-14H,12H2,1-2H3. The Kier molecular flexibility index (Phi) is 2.61. The van der Waals surface area contributed by atoms with E-state index in [0.717, 1.165) is 6.07 Å². The van der Waals surface area contributed by atoms with Gasteiger partial charge in [-0.3, -0.25) is 0 Å². The highest BCUT2D eigenvalue weighted by atomic mass is 35.5. The fourth-order valence-corrected chi connectivity index (χ4v) is 1.28. The number of aromatic hydroxyl groups is 2. The summed E-state index contributed by atoms with van der Waals surface area (Å²) in [5.74, 6) is -2.06. The monoisotopic (exact) mass is 219 g/mol. The molecule has 5 heteroatoms. The third kappa shape index (κ3) is 1.76. The molecule has 0 aliphatic rings. The number of hydrogen-bond acceptors (Lipinski definition) is 3. The van der Waals surface area contributed by atoms with E-state index in [-0.39, 0.29) is 5.56 Å². The normalized spacial score (nSPS) is 11.8. The summed E-state index contributed by atoms with van der Waals surface area (Å²) in [6, 6.07) is 0.969. The summed E-state index contributed by atoms with van der Waals surface area (Å²) in [4.78, 5) is 0. The Hall–Kier alpha value is -1.00. The van der Waals surface area contributed by atoms with Gasteiger partial charge in [0.15, 0.2) is 11.6 Å². The van der Waals surface area contributed by atoms with Crippen LogP contribution in [0.1, 0.15) is 19.4 Å². The van der Waals surface area contributed by atoms with Gasteiger partial charge in [0.05, 0.1) is 0 Å². The van der Waals surface area contributed by atoms with Gasteiger partial charge >= 0.3 is 0 Å². The number of nitrogens with two attached hydrogens (primary N) is 1. The lowest BCUT2D eigenvalue weighted by Gasteiger charge is -2.21. The molecule has 0 spiro atoms. The molecule has 0 unspecified atom stereocenters. The first-order chi connectivity index (χ1) is 6.25. The molecule has 0 atom stereocenters. The van der Waals surface area contributed by atoms with Gasteiger partial charge in [-0.05, 0) is 19.9 Å². The van der Waals surface area contributed by atoms with Crippen LogP contribution in [0.5, 0.6) is 11.5 Å². The Morgan fingerprint density at radius 2 is 1.86 bits per heavy atom. The second kappa shape index (κ2) is 3.29. The second-order valence-corrected chi connectivity index (χ2v) is 4.02. The van der Waals surface area contributed by atoms with E-state index >= 15 is 0 Å². The Morgan fingerprint density at radius 3 is 2.29 bits per heavy atom. The molecular formula is C9H11ClFNO2. The minimum atomic E-state index is -0.928. The van der Waals surface area contributed by atoms with Crippen LogP contribution in [-0.2, 0) is 5.54 Å². The summed E-state index contributed by atoms with van der Waals surface area (Å²) in [5, 5.41) is 18.2. The van der Waals surface area contributed by atoms with Crippen LogP contribution in [0.15, 0.2) is 6.07 Å². The number of phenols is 2. The van der Waals surface area contributed by atoms with Gasteiger partial charge in [-0.1, -0.05) is 11.6 Å². The fraction of sp³-hybridized carbons (Fsp3) is 0.333. The van der Waals surface area contributed by atoms with E-state index in [1.165, 1.54) is 0 Å². The van der Waals surface area contributed by atoms with E-state index in [0.29, 0.717) is 0 Å². The Morgan fingerprint density at radius 1 is 1.36 bits per heavy atom. The molecule has 1 rings (SSSR count). The first-order valence-corrected chi connectivity index (χ1v) is 4.32. The molecule has 0 fully saturated rings. The Labute approximate surface area is 85.9 Å². The molecule has 3 nitrogen and oxygen atoms in total. The Bertz CT molecular complexity index is 374. The molecule has 14 heavy (non-hydrogen) atoms. The highest BCUT2D eigenvalue weighted by Gasteiger charge is 2.24. The summed E-state index contributed by atoms with van der Waals surface area (Å²) in [6.07, 6.45) is 0. The van der Waals surface area contributed by atoms with E-state index in [4.69, 9.17) is 22.4 Å². The van der Waals surface area contributed by atoms with E-state index < -0.39 is 27.9 Å². The summed E-state index contributed by atoms with van der Waals surface area (Å²) in [5.41, 5.74) is 4.90. The zero-order valence-corrected chi connectivity index (χ0v) is 8.56. The van der Waals surface area contributed by atoms with Crippen LogP contribution in [0.3, 0.4) is 0 Å². The number of rotatable bonds is 1. The number of hydrogen-bond donors (Lipinski definition) is 3. The molecule has 0 aromatic heterocycles. The molecular weight excluding hydrogens is 209 g/mol. The molecule has 0 saturated heterocycles. The van der Waals surface area contributed by atoms with E-state index in [1.807, 2.05) is 0 Å². The van der Waals surface area contributed by atoms with Crippen LogP contribution in [0, 0.1) is 5.82 Å². The number of benzene rings is 1. The predicted molar refractivity (Wildman–Crippen MR) is 52.0 cm³/mol. The average Bonchev–Trinajstić information content (AvgIpc) is 2.06. The van der Waals surface area contributed by atoms with Gasteiger partial charge < -0.3 is 15.9 Å². The maximum atomic E-state index is 13.0. The summed E-state index contributed by atoms with van der Waals surface area (Å²) in [7, 11) is 0. The summed E-state index contributed by atoms with van der Waals surface area (Å²) in [6.45, 7) is 3.18. The van der Waals surface area contributed by atoms with Crippen molar-refractivity contribution in [3.8, 4) is 11.5 Å². The van der Waals surface area contributed by atoms with Gasteiger partial charge in [0.25, 0.3) is 0 Å². The molecule has 0 heterocycles. The van der Waals surface area contributed by atoms with Crippen LogP contribution >= 0.6 is 11.6 Å². The maximum Gasteiger partial charge on any atom is 0.174 e. The van der Waals surface area contributed by atoms with Crippen molar-refractivity contribution in [3.63, 3.8) is 0 Å². The second-order valence-electron chi connectivity index (χ2n) is 3.64. The molecule has 0 aliphatic heterocycles. The van der Waals surface area contributed by atoms with Crippen molar-refractivity contribution >= 4 is 11.6 Å². The molecule has 0 saturated carbocycles. The smallest absolute Gasteiger partial charge is 0.174 e. The third-order valence-electron chi connectivity index (χ3n) is 1.86. The van der Waals surface area contributed by atoms with Gasteiger partial charge in [0.2, 0.25) is 0 Å². The number of halogens is 2. The molecule has 78 valence electrons. The van der Waals surface area contributed by atoms with Gasteiger partial charge in [0.1, 0.15) is 10.8 Å². The first kappa shape index (κ1) is 11.1. The highest BCUT2D eigenvalue weighted by molar-refractivity contribution is 6.33. The van der Waals surface area contributed by atoms with Crippen molar-refractivity contribution in [2.75, 3.05) is 0 Å². The maximum absolute atomic E-state index is 13.0. The van der Waals surface area contributed by atoms with E-state index in [9.17, 15) is 9.50 Å². The van der Waals surface area contributed by atoms with Gasteiger partial charge in [-0.25, -0.2) is 4.39 Å². The fourth-order valence-electron chi connectivity index (χ4n) is 1.09. The summed E-state index contributed by atoms with van der Waals surface area (Å²) < 4.78 is 13.0. The molecule has 0 radical (unpaired) electrons. The predicted octanol–water partition coefficient (Wildman–Crippen LogP) is 2.08.